The Balaban J connectivity index is 2.02. The average molecular weight is 323 g/mol. The van der Waals surface area contributed by atoms with E-state index in [0.717, 1.165) is 33.3 Å². The molecule has 4 rings (SSSR count). The minimum atomic E-state index is 0.666. The van der Waals surface area contributed by atoms with E-state index in [1.165, 1.54) is 5.56 Å². The highest BCUT2D eigenvalue weighted by molar-refractivity contribution is 6.01. The Morgan fingerprint density at radius 2 is 1.60 bits per heavy atom. The largest absolute Gasteiger partial charge is 0.336 e. The number of hydrogen-bond acceptors (Lipinski definition) is 2. The molecule has 0 radical (unpaired) electrons. The van der Waals surface area contributed by atoms with E-state index < -0.39 is 0 Å². The molecule has 2 aromatic heterocycles. The molecule has 0 unspecified atom stereocenters. The van der Waals surface area contributed by atoms with E-state index in [1.54, 1.807) is 0 Å². The summed E-state index contributed by atoms with van der Waals surface area (Å²) in [5.41, 5.74) is 7.34. The van der Waals surface area contributed by atoms with Gasteiger partial charge in [-0.3, -0.25) is 0 Å². The van der Waals surface area contributed by atoms with Crippen LogP contribution in [-0.2, 0) is 7.05 Å². The molecule has 0 saturated carbocycles. The summed E-state index contributed by atoms with van der Waals surface area (Å²) in [5.74, 6) is 0. The van der Waals surface area contributed by atoms with Gasteiger partial charge >= 0.3 is 0 Å². The fraction of sp³-hybridized carbons (Fsp3) is 0.0909. The molecule has 4 aromatic rings. The van der Waals surface area contributed by atoms with Gasteiger partial charge in [-0.05, 0) is 36.2 Å². The lowest BCUT2D eigenvalue weighted by Gasteiger charge is -2.12. The number of nitriles is 1. The summed E-state index contributed by atoms with van der Waals surface area (Å²) in [6.07, 6.45) is 3.98. The first-order valence-electron chi connectivity index (χ1n) is 8.19. The lowest BCUT2D eigenvalue weighted by Crippen LogP contribution is -1.93. The lowest BCUT2D eigenvalue weighted by atomic mass is 9.93. The van der Waals surface area contributed by atoms with Crippen molar-refractivity contribution < 1.29 is 0 Å². The molecule has 0 spiro atoms. The van der Waals surface area contributed by atoms with Crippen molar-refractivity contribution in [3.63, 3.8) is 0 Å². The van der Waals surface area contributed by atoms with Crippen molar-refractivity contribution in [3.05, 3.63) is 78.1 Å². The van der Waals surface area contributed by atoms with Crippen LogP contribution in [0.2, 0.25) is 0 Å². The summed E-state index contributed by atoms with van der Waals surface area (Å²) in [6, 6.07) is 20.5. The number of rotatable bonds is 2. The molecule has 2 heterocycles. The second kappa shape index (κ2) is 5.92. The summed E-state index contributed by atoms with van der Waals surface area (Å²) >= 11 is 0. The van der Waals surface area contributed by atoms with E-state index in [2.05, 4.69) is 48.3 Å². The third-order valence-electron chi connectivity index (χ3n) is 4.56. The molecule has 2 aromatic carbocycles. The third-order valence-corrected chi connectivity index (χ3v) is 4.56. The molecule has 0 amide bonds. The van der Waals surface area contributed by atoms with Crippen LogP contribution in [0.25, 0.3) is 33.3 Å². The Morgan fingerprint density at radius 1 is 0.920 bits per heavy atom. The van der Waals surface area contributed by atoms with Gasteiger partial charge in [0.1, 0.15) is 5.65 Å². The first-order chi connectivity index (χ1) is 12.2. The summed E-state index contributed by atoms with van der Waals surface area (Å²) in [5, 5.41) is 10.2. The van der Waals surface area contributed by atoms with Gasteiger partial charge in [-0.2, -0.15) is 5.26 Å². The quantitative estimate of drug-likeness (QED) is 0.516. The second-order valence-electron chi connectivity index (χ2n) is 6.27. The Kier molecular flexibility index (Phi) is 3.59. The van der Waals surface area contributed by atoms with Gasteiger partial charge < -0.3 is 4.57 Å². The zero-order valence-electron chi connectivity index (χ0n) is 14.2. The maximum absolute atomic E-state index is 9.07. The van der Waals surface area contributed by atoms with Gasteiger partial charge in [-0.25, -0.2) is 4.98 Å². The zero-order chi connectivity index (χ0) is 17.4. The van der Waals surface area contributed by atoms with Crippen LogP contribution in [-0.4, -0.2) is 9.55 Å². The predicted molar refractivity (Wildman–Crippen MR) is 101 cm³/mol. The fourth-order valence-electron chi connectivity index (χ4n) is 3.19. The Morgan fingerprint density at radius 3 is 2.28 bits per heavy atom. The van der Waals surface area contributed by atoms with E-state index in [-0.39, 0.29) is 0 Å². The highest BCUT2D eigenvalue weighted by Gasteiger charge is 2.14. The van der Waals surface area contributed by atoms with Gasteiger partial charge in [0.05, 0.1) is 11.6 Å². The predicted octanol–water partition coefficient (Wildman–Crippen LogP) is 5.09. The molecule has 120 valence electrons. The summed E-state index contributed by atoms with van der Waals surface area (Å²) in [6.45, 7) is 2.09. The van der Waals surface area contributed by atoms with Crippen molar-refractivity contribution in [2.24, 2.45) is 7.05 Å². The van der Waals surface area contributed by atoms with Crippen molar-refractivity contribution in [2.75, 3.05) is 0 Å². The van der Waals surface area contributed by atoms with Gasteiger partial charge in [0.25, 0.3) is 0 Å². The molecule has 0 fully saturated rings. The number of aromatic nitrogens is 2. The first-order valence-corrected chi connectivity index (χ1v) is 8.19. The average Bonchev–Trinajstić information content (AvgIpc) is 3.03. The Labute approximate surface area is 146 Å². The second-order valence-corrected chi connectivity index (χ2v) is 6.27. The van der Waals surface area contributed by atoms with Crippen LogP contribution in [0, 0.1) is 18.3 Å². The molecule has 0 aliphatic rings. The Hall–Kier alpha value is -3.38. The van der Waals surface area contributed by atoms with E-state index in [9.17, 15) is 0 Å². The molecule has 0 saturated heterocycles. The van der Waals surface area contributed by atoms with Crippen molar-refractivity contribution in [1.29, 1.82) is 5.26 Å². The molecule has 0 aliphatic heterocycles. The highest BCUT2D eigenvalue weighted by atomic mass is 15.0. The molecular formula is C22H17N3. The molecule has 3 nitrogen and oxygen atoms in total. The zero-order valence-corrected chi connectivity index (χ0v) is 14.2. The van der Waals surface area contributed by atoms with Crippen molar-refractivity contribution >= 4 is 11.0 Å². The number of benzene rings is 2. The minimum absolute atomic E-state index is 0.666. The van der Waals surface area contributed by atoms with Gasteiger partial charge in [0.15, 0.2) is 0 Å². The van der Waals surface area contributed by atoms with Crippen molar-refractivity contribution in [3.8, 4) is 28.3 Å². The van der Waals surface area contributed by atoms with E-state index in [1.807, 2.05) is 48.3 Å². The molecule has 0 N–H and O–H groups in total. The van der Waals surface area contributed by atoms with Gasteiger partial charge in [0, 0.05) is 36.0 Å². The number of hydrogen-bond donors (Lipinski definition) is 0. The van der Waals surface area contributed by atoms with Crippen LogP contribution >= 0.6 is 0 Å². The highest BCUT2D eigenvalue weighted by Crippen LogP contribution is 2.37. The monoisotopic (exact) mass is 323 g/mol. The van der Waals surface area contributed by atoms with Crippen LogP contribution < -0.4 is 0 Å². The van der Waals surface area contributed by atoms with E-state index in [0.29, 0.717) is 5.56 Å². The SMILES string of the molecule is Cc1ccc(-c2cnc3c(ccn3C)c2-c2ccc(C#N)cc2)cc1. The molecule has 0 bridgehead atoms. The number of aryl methyl sites for hydroxylation is 2. The van der Waals surface area contributed by atoms with Crippen molar-refractivity contribution in [2.45, 2.75) is 6.92 Å². The molecule has 0 atom stereocenters. The third kappa shape index (κ3) is 2.58. The number of fused-ring (bicyclic) bond motifs is 1. The summed E-state index contributed by atoms with van der Waals surface area (Å²) in [4.78, 5) is 4.67. The van der Waals surface area contributed by atoms with Crippen LogP contribution in [0.15, 0.2) is 67.0 Å². The lowest BCUT2D eigenvalue weighted by molar-refractivity contribution is 0.949. The molecule has 0 aliphatic carbocycles. The van der Waals surface area contributed by atoms with E-state index >= 15 is 0 Å². The van der Waals surface area contributed by atoms with Crippen LogP contribution in [0.3, 0.4) is 0 Å². The van der Waals surface area contributed by atoms with Crippen LogP contribution in [0.4, 0.5) is 0 Å². The maximum Gasteiger partial charge on any atom is 0.140 e. The smallest absolute Gasteiger partial charge is 0.140 e. The van der Waals surface area contributed by atoms with Gasteiger partial charge in [-0.15, -0.1) is 0 Å². The topological polar surface area (TPSA) is 41.6 Å². The maximum atomic E-state index is 9.07. The molecule has 25 heavy (non-hydrogen) atoms. The normalized spacial score (nSPS) is 10.8. The number of nitrogens with zero attached hydrogens (tertiary/aromatic N) is 3. The Bertz CT molecular complexity index is 1100. The minimum Gasteiger partial charge on any atom is -0.336 e. The van der Waals surface area contributed by atoms with Gasteiger partial charge in [0.2, 0.25) is 0 Å². The van der Waals surface area contributed by atoms with Crippen LogP contribution in [0.5, 0.6) is 0 Å². The van der Waals surface area contributed by atoms with Crippen molar-refractivity contribution in [1.82, 2.24) is 9.55 Å². The number of pyridine rings is 1. The van der Waals surface area contributed by atoms with E-state index in [4.69, 9.17) is 5.26 Å². The molecular weight excluding hydrogens is 306 g/mol. The summed E-state index contributed by atoms with van der Waals surface area (Å²) in [7, 11) is 2.00. The first kappa shape index (κ1) is 15.2. The standard InChI is InChI=1S/C22H17N3/c1-15-3-7-17(8-4-15)20-14-24-22-19(11-12-25(22)2)21(20)18-9-5-16(13-23)6-10-18/h3-12,14H,1-2H3. The van der Waals surface area contributed by atoms with Gasteiger partial charge in [-0.1, -0.05) is 42.0 Å². The summed E-state index contributed by atoms with van der Waals surface area (Å²) < 4.78 is 2.03. The molecule has 3 heteroatoms. The fourth-order valence-corrected chi connectivity index (χ4v) is 3.19. The van der Waals surface area contributed by atoms with Crippen LogP contribution in [0.1, 0.15) is 11.1 Å².